The lowest BCUT2D eigenvalue weighted by Crippen LogP contribution is -2.41. The van der Waals surface area contributed by atoms with E-state index in [9.17, 15) is 0 Å². The largest absolute Gasteiger partial charge is 0.310 e. The first-order valence-corrected chi connectivity index (χ1v) is 8.52. The van der Waals surface area contributed by atoms with Crippen LogP contribution in [0, 0.1) is 0 Å². The van der Waals surface area contributed by atoms with Gasteiger partial charge in [0.1, 0.15) is 0 Å². The maximum atomic E-state index is 3.88. The van der Waals surface area contributed by atoms with Gasteiger partial charge < -0.3 is 5.32 Å². The molecule has 88 valence electrons. The molecule has 15 heavy (non-hydrogen) atoms. The molecule has 0 radical (unpaired) electrons. The standard InChI is InChI=1S/C12H23NS2/c1-9-6-11(8-15-9)13-10-4-3-5-12(7-10)14-2/h9-13H,3-8H2,1-2H3. The summed E-state index contributed by atoms with van der Waals surface area (Å²) in [5.41, 5.74) is 0. The molecule has 2 rings (SSSR count). The summed E-state index contributed by atoms with van der Waals surface area (Å²) in [6.07, 6.45) is 9.32. The Labute approximate surface area is 103 Å². The molecular weight excluding hydrogens is 222 g/mol. The summed E-state index contributed by atoms with van der Waals surface area (Å²) in [6.45, 7) is 2.36. The van der Waals surface area contributed by atoms with Gasteiger partial charge in [-0.3, -0.25) is 0 Å². The molecule has 1 heterocycles. The van der Waals surface area contributed by atoms with Crippen LogP contribution in [0.3, 0.4) is 0 Å². The average Bonchev–Trinajstić information content (AvgIpc) is 2.64. The van der Waals surface area contributed by atoms with Gasteiger partial charge in [0.2, 0.25) is 0 Å². The van der Waals surface area contributed by atoms with E-state index in [2.05, 4.69) is 42.0 Å². The Bertz CT molecular complexity index is 198. The predicted molar refractivity (Wildman–Crippen MR) is 73.0 cm³/mol. The lowest BCUT2D eigenvalue weighted by Gasteiger charge is -2.30. The van der Waals surface area contributed by atoms with Crippen molar-refractivity contribution in [1.82, 2.24) is 5.32 Å². The van der Waals surface area contributed by atoms with Crippen LogP contribution in [0.25, 0.3) is 0 Å². The minimum absolute atomic E-state index is 0.801. The van der Waals surface area contributed by atoms with Crippen LogP contribution in [0.4, 0.5) is 0 Å². The highest BCUT2D eigenvalue weighted by Gasteiger charge is 2.27. The minimum Gasteiger partial charge on any atom is -0.310 e. The van der Waals surface area contributed by atoms with Crippen molar-refractivity contribution in [3.05, 3.63) is 0 Å². The molecule has 4 atom stereocenters. The summed E-state index contributed by atoms with van der Waals surface area (Å²) in [6, 6.07) is 1.61. The SMILES string of the molecule is CSC1CCCC(NC2CSC(C)C2)C1. The molecule has 1 N–H and O–H groups in total. The van der Waals surface area contributed by atoms with Gasteiger partial charge in [-0.1, -0.05) is 13.3 Å². The second kappa shape index (κ2) is 5.83. The molecule has 0 aromatic carbocycles. The molecule has 3 heteroatoms. The maximum absolute atomic E-state index is 3.88. The Hall–Kier alpha value is 0.660. The first-order chi connectivity index (χ1) is 7.28. The molecule has 1 aliphatic heterocycles. The minimum atomic E-state index is 0.801. The summed E-state index contributed by atoms with van der Waals surface area (Å²) in [4.78, 5) is 0. The number of hydrogen-bond acceptors (Lipinski definition) is 3. The van der Waals surface area contributed by atoms with Gasteiger partial charge in [-0.15, -0.1) is 0 Å². The predicted octanol–water partition coefficient (Wildman–Crippen LogP) is 3.14. The molecule has 0 bridgehead atoms. The third-order valence-corrected chi connectivity index (χ3v) is 6.08. The zero-order chi connectivity index (χ0) is 10.7. The number of rotatable bonds is 3. The Morgan fingerprint density at radius 2 is 2.07 bits per heavy atom. The van der Waals surface area contributed by atoms with Gasteiger partial charge in [0, 0.05) is 28.3 Å². The van der Waals surface area contributed by atoms with E-state index < -0.39 is 0 Å². The van der Waals surface area contributed by atoms with Gasteiger partial charge in [-0.05, 0) is 31.9 Å². The lowest BCUT2D eigenvalue weighted by molar-refractivity contribution is 0.349. The highest BCUT2D eigenvalue weighted by molar-refractivity contribution is 8.00. The fourth-order valence-electron chi connectivity index (χ4n) is 2.78. The van der Waals surface area contributed by atoms with Crippen molar-refractivity contribution in [3.8, 4) is 0 Å². The van der Waals surface area contributed by atoms with Crippen LogP contribution in [-0.2, 0) is 0 Å². The molecule has 2 fully saturated rings. The summed E-state index contributed by atoms with van der Waals surface area (Å²) in [5.74, 6) is 1.33. The topological polar surface area (TPSA) is 12.0 Å². The highest BCUT2D eigenvalue weighted by Crippen LogP contribution is 2.30. The van der Waals surface area contributed by atoms with E-state index in [1.165, 1.54) is 37.9 Å². The third kappa shape index (κ3) is 3.57. The molecule has 2 aliphatic rings. The van der Waals surface area contributed by atoms with Crippen LogP contribution in [0.15, 0.2) is 0 Å². The fraction of sp³-hybridized carbons (Fsp3) is 1.00. The molecular formula is C12H23NS2. The van der Waals surface area contributed by atoms with E-state index in [4.69, 9.17) is 0 Å². The zero-order valence-corrected chi connectivity index (χ0v) is 11.5. The van der Waals surface area contributed by atoms with E-state index in [1.54, 1.807) is 0 Å². The van der Waals surface area contributed by atoms with Crippen molar-refractivity contribution in [3.63, 3.8) is 0 Å². The van der Waals surface area contributed by atoms with Crippen molar-refractivity contribution in [1.29, 1.82) is 0 Å². The zero-order valence-electron chi connectivity index (χ0n) is 9.87. The average molecular weight is 245 g/mol. The number of thioether (sulfide) groups is 2. The number of nitrogens with one attached hydrogen (secondary N) is 1. The first kappa shape index (κ1) is 12.1. The third-order valence-electron chi connectivity index (χ3n) is 3.63. The monoisotopic (exact) mass is 245 g/mol. The van der Waals surface area contributed by atoms with Gasteiger partial charge >= 0.3 is 0 Å². The second-order valence-electron chi connectivity index (χ2n) is 4.96. The van der Waals surface area contributed by atoms with E-state index >= 15 is 0 Å². The van der Waals surface area contributed by atoms with Crippen LogP contribution < -0.4 is 5.32 Å². The van der Waals surface area contributed by atoms with Gasteiger partial charge in [0.15, 0.2) is 0 Å². The molecule has 0 amide bonds. The number of hydrogen-bond donors (Lipinski definition) is 1. The normalized spacial score (nSPS) is 42.0. The Balaban J connectivity index is 1.74. The molecule has 4 unspecified atom stereocenters. The van der Waals surface area contributed by atoms with Crippen molar-refractivity contribution in [2.45, 2.75) is 61.6 Å². The lowest BCUT2D eigenvalue weighted by atomic mass is 9.94. The van der Waals surface area contributed by atoms with Crippen molar-refractivity contribution in [2.24, 2.45) is 0 Å². The molecule has 1 saturated carbocycles. The summed E-state index contributed by atoms with van der Waals surface area (Å²) >= 11 is 4.20. The van der Waals surface area contributed by atoms with Crippen LogP contribution >= 0.6 is 23.5 Å². The highest BCUT2D eigenvalue weighted by atomic mass is 32.2. The maximum Gasteiger partial charge on any atom is 0.0171 e. The molecule has 0 spiro atoms. The first-order valence-electron chi connectivity index (χ1n) is 6.18. The molecule has 0 aromatic rings. The Morgan fingerprint density at radius 3 is 2.73 bits per heavy atom. The van der Waals surface area contributed by atoms with Crippen LogP contribution in [0.1, 0.15) is 39.0 Å². The van der Waals surface area contributed by atoms with E-state index in [0.29, 0.717) is 0 Å². The molecule has 1 aliphatic carbocycles. The van der Waals surface area contributed by atoms with Crippen molar-refractivity contribution >= 4 is 23.5 Å². The molecule has 1 nitrogen and oxygen atoms in total. The van der Waals surface area contributed by atoms with Crippen LogP contribution in [0.2, 0.25) is 0 Å². The second-order valence-corrected chi connectivity index (χ2v) is 7.57. The van der Waals surface area contributed by atoms with Crippen LogP contribution in [-0.4, -0.2) is 34.6 Å². The smallest absolute Gasteiger partial charge is 0.0171 e. The fourth-order valence-corrected chi connectivity index (χ4v) is 4.77. The Kier molecular flexibility index (Phi) is 4.71. The summed E-state index contributed by atoms with van der Waals surface area (Å²) < 4.78 is 0. The summed E-state index contributed by atoms with van der Waals surface area (Å²) in [5, 5.41) is 5.67. The van der Waals surface area contributed by atoms with Gasteiger partial charge in [0.25, 0.3) is 0 Å². The molecule has 0 aromatic heterocycles. The van der Waals surface area contributed by atoms with Crippen molar-refractivity contribution in [2.75, 3.05) is 12.0 Å². The van der Waals surface area contributed by atoms with Gasteiger partial charge in [-0.25, -0.2) is 0 Å². The van der Waals surface area contributed by atoms with Crippen molar-refractivity contribution < 1.29 is 0 Å². The van der Waals surface area contributed by atoms with Crippen LogP contribution in [0.5, 0.6) is 0 Å². The van der Waals surface area contributed by atoms with E-state index in [0.717, 1.165) is 22.6 Å². The summed E-state index contributed by atoms with van der Waals surface area (Å²) in [7, 11) is 0. The quantitative estimate of drug-likeness (QED) is 0.820. The Morgan fingerprint density at radius 1 is 1.20 bits per heavy atom. The molecule has 1 saturated heterocycles. The van der Waals surface area contributed by atoms with E-state index in [-0.39, 0.29) is 0 Å². The van der Waals surface area contributed by atoms with E-state index in [1.807, 2.05) is 0 Å². The van der Waals surface area contributed by atoms with Gasteiger partial charge in [-0.2, -0.15) is 23.5 Å². The van der Waals surface area contributed by atoms with Gasteiger partial charge in [0.05, 0.1) is 0 Å².